The molecule has 0 saturated carbocycles. The number of benzene rings is 2. The van der Waals surface area contributed by atoms with E-state index >= 15 is 0 Å². The highest BCUT2D eigenvalue weighted by Gasteiger charge is 2.16. The summed E-state index contributed by atoms with van der Waals surface area (Å²) in [5.74, 6) is 0.182. The van der Waals surface area contributed by atoms with E-state index in [0.29, 0.717) is 29.0 Å². The summed E-state index contributed by atoms with van der Waals surface area (Å²) in [7, 11) is 0. The lowest BCUT2D eigenvalue weighted by Crippen LogP contribution is -2.48. The SMILES string of the molecule is CCOc1ccc(O[C@H](C)C(=O)NNC(=O)Cn2ncc(=O)c3ccccc32)cc1. The van der Waals surface area contributed by atoms with E-state index in [-0.39, 0.29) is 12.0 Å². The number of hydrogen-bond acceptors (Lipinski definition) is 6. The first-order valence-corrected chi connectivity index (χ1v) is 9.41. The zero-order valence-corrected chi connectivity index (χ0v) is 16.6. The Kier molecular flexibility index (Phi) is 6.63. The summed E-state index contributed by atoms with van der Waals surface area (Å²) in [4.78, 5) is 36.3. The molecule has 3 rings (SSSR count). The molecule has 9 heteroatoms. The fraction of sp³-hybridized carbons (Fsp3) is 0.238. The van der Waals surface area contributed by atoms with E-state index in [1.165, 1.54) is 4.68 Å². The van der Waals surface area contributed by atoms with E-state index < -0.39 is 17.9 Å². The first-order valence-electron chi connectivity index (χ1n) is 9.41. The maximum absolute atomic E-state index is 12.2. The third-order valence-corrected chi connectivity index (χ3v) is 4.20. The van der Waals surface area contributed by atoms with Gasteiger partial charge in [0, 0.05) is 5.39 Å². The maximum atomic E-state index is 12.2. The van der Waals surface area contributed by atoms with Gasteiger partial charge in [-0.2, -0.15) is 5.10 Å². The molecule has 0 spiro atoms. The summed E-state index contributed by atoms with van der Waals surface area (Å²) in [6.45, 7) is 3.84. The largest absolute Gasteiger partial charge is 0.494 e. The van der Waals surface area contributed by atoms with Crippen LogP contribution in [0.1, 0.15) is 13.8 Å². The molecule has 1 heterocycles. The van der Waals surface area contributed by atoms with Gasteiger partial charge in [0.05, 0.1) is 18.3 Å². The highest BCUT2D eigenvalue weighted by molar-refractivity contribution is 5.85. The van der Waals surface area contributed by atoms with Gasteiger partial charge in [0.2, 0.25) is 5.43 Å². The highest BCUT2D eigenvalue weighted by atomic mass is 16.5. The lowest BCUT2D eigenvalue weighted by Gasteiger charge is -2.16. The van der Waals surface area contributed by atoms with E-state index in [2.05, 4.69) is 16.0 Å². The number of amides is 2. The van der Waals surface area contributed by atoms with Crippen molar-refractivity contribution in [2.24, 2.45) is 0 Å². The number of aromatic nitrogens is 2. The summed E-state index contributed by atoms with van der Waals surface area (Å²) >= 11 is 0. The fourth-order valence-electron chi connectivity index (χ4n) is 2.73. The standard InChI is InChI=1S/C21H22N4O5/c1-3-29-15-8-10-16(11-9-15)30-14(2)21(28)24-23-20(27)13-25-18-7-5-4-6-17(18)19(26)12-22-25/h4-12,14H,3,13H2,1-2H3,(H,23,27)(H,24,28)/t14-/m1/s1. The molecule has 0 radical (unpaired) electrons. The monoisotopic (exact) mass is 410 g/mol. The molecule has 2 N–H and O–H groups in total. The van der Waals surface area contributed by atoms with Crippen LogP contribution in [0.5, 0.6) is 11.5 Å². The molecule has 0 aliphatic rings. The molecule has 1 atom stereocenters. The Labute approximate surface area is 172 Å². The first-order chi connectivity index (χ1) is 14.5. The van der Waals surface area contributed by atoms with Gasteiger partial charge in [-0.1, -0.05) is 12.1 Å². The molecule has 3 aromatic rings. The molecule has 2 aromatic carbocycles. The van der Waals surface area contributed by atoms with Crippen LogP contribution < -0.4 is 25.8 Å². The summed E-state index contributed by atoms with van der Waals surface area (Å²) in [5.41, 5.74) is 4.95. The average Bonchev–Trinajstić information content (AvgIpc) is 2.75. The number of nitrogens with zero attached hydrogens (tertiary/aromatic N) is 2. The molecular formula is C21H22N4O5. The summed E-state index contributed by atoms with van der Waals surface area (Å²) in [5, 5.41) is 4.44. The zero-order chi connectivity index (χ0) is 21.5. The van der Waals surface area contributed by atoms with E-state index in [0.717, 1.165) is 6.20 Å². The smallest absolute Gasteiger partial charge is 0.279 e. The van der Waals surface area contributed by atoms with E-state index in [9.17, 15) is 14.4 Å². The third kappa shape index (κ3) is 5.13. The van der Waals surface area contributed by atoms with E-state index in [1.54, 1.807) is 55.5 Å². The Morgan fingerprint density at radius 1 is 1.07 bits per heavy atom. The Morgan fingerprint density at radius 3 is 2.50 bits per heavy atom. The van der Waals surface area contributed by atoms with Crippen molar-refractivity contribution in [3.8, 4) is 11.5 Å². The quantitative estimate of drug-likeness (QED) is 0.570. The van der Waals surface area contributed by atoms with Crippen molar-refractivity contribution in [1.29, 1.82) is 0 Å². The van der Waals surface area contributed by atoms with Crippen molar-refractivity contribution in [1.82, 2.24) is 20.6 Å². The van der Waals surface area contributed by atoms with Gasteiger partial charge in [-0.3, -0.25) is 29.9 Å². The third-order valence-electron chi connectivity index (χ3n) is 4.20. The molecular weight excluding hydrogens is 388 g/mol. The van der Waals surface area contributed by atoms with Crippen molar-refractivity contribution < 1.29 is 19.1 Å². The fourth-order valence-corrected chi connectivity index (χ4v) is 2.73. The van der Waals surface area contributed by atoms with Crippen molar-refractivity contribution in [2.75, 3.05) is 6.61 Å². The van der Waals surface area contributed by atoms with Crippen molar-refractivity contribution >= 4 is 22.7 Å². The normalized spacial score (nSPS) is 11.5. The molecule has 0 fully saturated rings. The van der Waals surface area contributed by atoms with Gasteiger partial charge in [-0.25, -0.2) is 0 Å². The van der Waals surface area contributed by atoms with Crippen molar-refractivity contribution in [2.45, 2.75) is 26.5 Å². The van der Waals surface area contributed by atoms with Crippen LogP contribution in [0.4, 0.5) is 0 Å². The molecule has 0 saturated heterocycles. The van der Waals surface area contributed by atoms with Gasteiger partial charge >= 0.3 is 0 Å². The molecule has 0 bridgehead atoms. The molecule has 30 heavy (non-hydrogen) atoms. The second-order valence-corrected chi connectivity index (χ2v) is 6.39. The molecule has 156 valence electrons. The minimum Gasteiger partial charge on any atom is -0.494 e. The van der Waals surface area contributed by atoms with Crippen LogP contribution in [0.3, 0.4) is 0 Å². The molecule has 0 aliphatic heterocycles. The number of ether oxygens (including phenoxy) is 2. The topological polar surface area (TPSA) is 112 Å². The number of hydrazine groups is 1. The maximum Gasteiger partial charge on any atom is 0.279 e. The lowest BCUT2D eigenvalue weighted by molar-refractivity contribution is -0.133. The van der Waals surface area contributed by atoms with Crippen LogP contribution in [0, 0.1) is 0 Å². The summed E-state index contributed by atoms with van der Waals surface area (Å²) in [6.07, 6.45) is 0.315. The number of rotatable bonds is 7. The molecule has 2 amide bonds. The molecule has 0 unspecified atom stereocenters. The Hall–Kier alpha value is -3.88. The number of fused-ring (bicyclic) bond motifs is 1. The van der Waals surface area contributed by atoms with Gasteiger partial charge < -0.3 is 9.47 Å². The Bertz CT molecular complexity index is 1090. The average molecular weight is 410 g/mol. The van der Waals surface area contributed by atoms with Gasteiger partial charge in [0.15, 0.2) is 6.10 Å². The van der Waals surface area contributed by atoms with Gasteiger partial charge in [-0.15, -0.1) is 0 Å². The van der Waals surface area contributed by atoms with Crippen LogP contribution in [0.25, 0.3) is 10.9 Å². The number of carbonyl (C=O) groups excluding carboxylic acids is 2. The van der Waals surface area contributed by atoms with Crippen LogP contribution >= 0.6 is 0 Å². The number of para-hydroxylation sites is 1. The Morgan fingerprint density at radius 2 is 1.77 bits per heavy atom. The van der Waals surface area contributed by atoms with Crippen LogP contribution in [-0.4, -0.2) is 34.3 Å². The van der Waals surface area contributed by atoms with Gasteiger partial charge in [0.25, 0.3) is 11.8 Å². The lowest BCUT2D eigenvalue weighted by atomic mass is 10.2. The zero-order valence-electron chi connectivity index (χ0n) is 16.6. The highest BCUT2D eigenvalue weighted by Crippen LogP contribution is 2.18. The van der Waals surface area contributed by atoms with Crippen LogP contribution in [0.15, 0.2) is 59.5 Å². The molecule has 9 nitrogen and oxygen atoms in total. The number of hydrogen-bond donors (Lipinski definition) is 2. The predicted molar refractivity (Wildman–Crippen MR) is 110 cm³/mol. The number of nitrogens with one attached hydrogen (secondary N) is 2. The van der Waals surface area contributed by atoms with Crippen LogP contribution in [0.2, 0.25) is 0 Å². The van der Waals surface area contributed by atoms with Crippen LogP contribution in [-0.2, 0) is 16.1 Å². The second kappa shape index (κ2) is 9.55. The summed E-state index contributed by atoms with van der Waals surface area (Å²) in [6, 6.07) is 13.7. The Balaban J connectivity index is 1.53. The summed E-state index contributed by atoms with van der Waals surface area (Å²) < 4.78 is 12.3. The van der Waals surface area contributed by atoms with E-state index in [1.807, 2.05) is 6.92 Å². The van der Waals surface area contributed by atoms with Crippen molar-refractivity contribution in [3.05, 3.63) is 65.0 Å². The molecule has 1 aromatic heterocycles. The minimum absolute atomic E-state index is 0.171. The number of carbonyl (C=O) groups is 2. The first kappa shape index (κ1) is 20.8. The van der Waals surface area contributed by atoms with Gasteiger partial charge in [-0.05, 0) is 50.2 Å². The van der Waals surface area contributed by atoms with E-state index in [4.69, 9.17) is 9.47 Å². The molecule has 0 aliphatic carbocycles. The minimum atomic E-state index is -0.838. The van der Waals surface area contributed by atoms with Crippen molar-refractivity contribution in [3.63, 3.8) is 0 Å². The second-order valence-electron chi connectivity index (χ2n) is 6.39. The van der Waals surface area contributed by atoms with Gasteiger partial charge in [0.1, 0.15) is 18.0 Å². The predicted octanol–water partition coefficient (Wildman–Crippen LogP) is 1.41.